The largest absolute Gasteiger partial charge is 0.288 e. The molecule has 0 aliphatic heterocycles. The molecule has 2 radical (unpaired) electrons. The van der Waals surface area contributed by atoms with Gasteiger partial charge in [0.1, 0.15) is 0 Å². The van der Waals surface area contributed by atoms with Crippen LogP contribution in [0.4, 0.5) is 0 Å². The van der Waals surface area contributed by atoms with Gasteiger partial charge < -0.3 is 0 Å². The molecule has 0 amide bonds. The molecule has 0 fully saturated rings. The smallest absolute Gasteiger partial charge is 0.0654 e. The van der Waals surface area contributed by atoms with Gasteiger partial charge in [0, 0.05) is 0 Å². The maximum Gasteiger partial charge on any atom is 0.0654 e. The highest BCUT2D eigenvalue weighted by molar-refractivity contribution is 6.08. The number of hydrogen-bond donors (Lipinski definition) is 0. The van der Waals surface area contributed by atoms with Crippen LogP contribution < -0.4 is 0 Å². The van der Waals surface area contributed by atoms with Crippen LogP contribution in [0.3, 0.4) is 0 Å². The Bertz CT molecular complexity index is 110. The molecular formula is C11H25BN2. The van der Waals surface area contributed by atoms with Gasteiger partial charge in [-0.15, -0.1) is 0 Å². The fourth-order valence-electron chi connectivity index (χ4n) is 2.04. The fourth-order valence-corrected chi connectivity index (χ4v) is 2.04. The van der Waals surface area contributed by atoms with E-state index in [2.05, 4.69) is 37.5 Å². The Balaban J connectivity index is 4.36. The predicted molar refractivity (Wildman–Crippen MR) is 64.8 cm³/mol. The van der Waals surface area contributed by atoms with Crippen LogP contribution in [-0.2, 0) is 0 Å². The maximum atomic E-state index is 5.67. The van der Waals surface area contributed by atoms with Gasteiger partial charge in [-0.2, -0.15) is 0 Å². The monoisotopic (exact) mass is 196 g/mol. The van der Waals surface area contributed by atoms with E-state index >= 15 is 0 Å². The van der Waals surface area contributed by atoms with Crippen LogP contribution in [0.5, 0.6) is 0 Å². The second-order valence-corrected chi connectivity index (χ2v) is 3.50. The molecule has 0 aromatic rings. The molecule has 0 atom stereocenters. The third kappa shape index (κ3) is 4.01. The molecular weight excluding hydrogens is 171 g/mol. The van der Waals surface area contributed by atoms with Crippen LogP contribution >= 0.6 is 0 Å². The molecule has 0 unspecified atom stereocenters. The normalized spacial score (nSPS) is 11.9. The van der Waals surface area contributed by atoms with Crippen molar-refractivity contribution >= 4 is 7.85 Å². The molecule has 0 rings (SSSR count). The van der Waals surface area contributed by atoms with Crippen molar-refractivity contribution in [2.45, 2.75) is 46.6 Å². The Labute approximate surface area is 91.1 Å². The van der Waals surface area contributed by atoms with Crippen molar-refractivity contribution in [2.75, 3.05) is 26.2 Å². The summed E-state index contributed by atoms with van der Waals surface area (Å²) in [5.74, 6) is 0. The highest BCUT2D eigenvalue weighted by Gasteiger charge is 2.19. The average Bonchev–Trinajstić information content (AvgIpc) is 2.21. The first kappa shape index (κ1) is 14.0. The number of rotatable bonds is 8. The molecule has 3 heteroatoms. The first-order chi connectivity index (χ1) is 6.74. The molecule has 0 saturated heterocycles. The zero-order valence-electron chi connectivity index (χ0n) is 10.3. The summed E-state index contributed by atoms with van der Waals surface area (Å²) in [6.07, 6.45) is 2.38. The average molecular weight is 196 g/mol. The highest BCUT2D eigenvalue weighted by atomic mass is 15.3. The third-order valence-electron chi connectivity index (χ3n) is 2.89. The summed E-state index contributed by atoms with van der Waals surface area (Å²) in [5.41, 5.74) is 0. The van der Waals surface area contributed by atoms with Gasteiger partial charge in [-0.3, -0.25) is 9.80 Å². The summed E-state index contributed by atoms with van der Waals surface area (Å²) in [5, 5.41) is 0. The number of nitrogens with zero attached hydrogens (tertiary/aromatic N) is 2. The minimum atomic E-state index is 0.532. The molecule has 0 aliphatic rings. The zero-order chi connectivity index (χ0) is 11.0. The quantitative estimate of drug-likeness (QED) is 0.432. The lowest BCUT2D eigenvalue weighted by Gasteiger charge is -2.38. The molecule has 0 N–H and O–H groups in total. The molecule has 0 aliphatic carbocycles. The van der Waals surface area contributed by atoms with Gasteiger partial charge in [-0.25, -0.2) is 0 Å². The lowest BCUT2D eigenvalue weighted by molar-refractivity contribution is 0.0540. The van der Waals surface area contributed by atoms with Gasteiger partial charge in [-0.1, -0.05) is 34.0 Å². The summed E-state index contributed by atoms with van der Waals surface area (Å²) in [6, 6.07) is 0. The highest BCUT2D eigenvalue weighted by Crippen LogP contribution is 2.11. The molecule has 14 heavy (non-hydrogen) atoms. The van der Waals surface area contributed by atoms with E-state index in [9.17, 15) is 0 Å². The summed E-state index contributed by atoms with van der Waals surface area (Å²) < 4.78 is 0. The van der Waals surface area contributed by atoms with E-state index in [1.165, 1.54) is 0 Å². The van der Waals surface area contributed by atoms with Crippen molar-refractivity contribution < 1.29 is 0 Å². The molecule has 0 saturated carbocycles. The lowest BCUT2D eigenvalue weighted by atomic mass is 9.99. The van der Waals surface area contributed by atoms with Crippen LogP contribution in [0.15, 0.2) is 0 Å². The van der Waals surface area contributed by atoms with E-state index in [1.54, 1.807) is 0 Å². The summed E-state index contributed by atoms with van der Waals surface area (Å²) in [7, 11) is 5.67. The third-order valence-corrected chi connectivity index (χ3v) is 2.89. The predicted octanol–water partition coefficient (Wildman–Crippen LogP) is 1.97. The van der Waals surface area contributed by atoms with Gasteiger partial charge in [-0.05, 0) is 32.6 Å². The van der Waals surface area contributed by atoms with Crippen molar-refractivity contribution in [3.63, 3.8) is 0 Å². The SMILES string of the molecule is [B]CCC(N(CC)CC)N(CC)CC. The Kier molecular flexibility index (Phi) is 8.30. The van der Waals surface area contributed by atoms with E-state index in [-0.39, 0.29) is 0 Å². The zero-order valence-corrected chi connectivity index (χ0v) is 10.3. The molecule has 0 heterocycles. The molecule has 82 valence electrons. The van der Waals surface area contributed by atoms with Crippen molar-refractivity contribution in [2.24, 2.45) is 0 Å². The fraction of sp³-hybridized carbons (Fsp3) is 1.00. The first-order valence-corrected chi connectivity index (χ1v) is 5.93. The lowest BCUT2D eigenvalue weighted by Crippen LogP contribution is -2.48. The van der Waals surface area contributed by atoms with Gasteiger partial charge >= 0.3 is 0 Å². The Hall–Kier alpha value is -0.0151. The number of hydrogen-bond acceptors (Lipinski definition) is 2. The Morgan fingerprint density at radius 3 is 1.43 bits per heavy atom. The van der Waals surface area contributed by atoms with Crippen LogP contribution in [0.1, 0.15) is 34.1 Å². The second kappa shape index (κ2) is 8.31. The summed E-state index contributed by atoms with van der Waals surface area (Å²) in [6.45, 7) is 13.3. The van der Waals surface area contributed by atoms with E-state index in [1.807, 2.05) is 0 Å². The summed E-state index contributed by atoms with van der Waals surface area (Å²) in [4.78, 5) is 4.97. The van der Waals surface area contributed by atoms with Crippen molar-refractivity contribution in [3.05, 3.63) is 0 Å². The molecule has 0 spiro atoms. The van der Waals surface area contributed by atoms with E-state index in [0.29, 0.717) is 6.17 Å². The van der Waals surface area contributed by atoms with Crippen LogP contribution in [-0.4, -0.2) is 50.0 Å². The van der Waals surface area contributed by atoms with E-state index < -0.39 is 0 Å². The van der Waals surface area contributed by atoms with Crippen LogP contribution in [0.25, 0.3) is 0 Å². The van der Waals surface area contributed by atoms with Crippen LogP contribution in [0.2, 0.25) is 6.32 Å². The minimum Gasteiger partial charge on any atom is -0.288 e. The van der Waals surface area contributed by atoms with Gasteiger partial charge in [0.15, 0.2) is 0 Å². The Morgan fingerprint density at radius 2 is 1.21 bits per heavy atom. The summed E-state index contributed by atoms with van der Waals surface area (Å²) >= 11 is 0. The standard InChI is InChI=1S/C11H25BN2/c1-5-13(6-2)11(9-10-12)14(7-3)8-4/h11H,5-10H2,1-4H3. The minimum absolute atomic E-state index is 0.532. The topological polar surface area (TPSA) is 6.48 Å². The second-order valence-electron chi connectivity index (χ2n) is 3.50. The van der Waals surface area contributed by atoms with Gasteiger partial charge in [0.2, 0.25) is 0 Å². The molecule has 0 aromatic carbocycles. The first-order valence-electron chi connectivity index (χ1n) is 5.93. The van der Waals surface area contributed by atoms with Crippen LogP contribution in [0, 0.1) is 0 Å². The molecule has 2 nitrogen and oxygen atoms in total. The van der Waals surface area contributed by atoms with Crippen molar-refractivity contribution in [3.8, 4) is 0 Å². The van der Waals surface area contributed by atoms with Crippen molar-refractivity contribution in [1.29, 1.82) is 0 Å². The van der Waals surface area contributed by atoms with E-state index in [0.717, 1.165) is 38.9 Å². The Morgan fingerprint density at radius 1 is 0.857 bits per heavy atom. The van der Waals surface area contributed by atoms with Gasteiger partial charge in [0.05, 0.1) is 14.0 Å². The molecule has 0 aromatic heterocycles. The molecule has 0 bridgehead atoms. The van der Waals surface area contributed by atoms with Crippen molar-refractivity contribution in [1.82, 2.24) is 9.80 Å². The van der Waals surface area contributed by atoms with Gasteiger partial charge in [0.25, 0.3) is 0 Å². The van der Waals surface area contributed by atoms with E-state index in [4.69, 9.17) is 7.85 Å². The maximum absolute atomic E-state index is 5.67.